The molecule has 3 rings (SSSR count). The molecule has 1 aliphatic heterocycles. The van der Waals surface area contributed by atoms with Gasteiger partial charge in [-0.1, -0.05) is 43.2 Å². The van der Waals surface area contributed by atoms with Crippen LogP contribution in [0.2, 0.25) is 0 Å². The predicted octanol–water partition coefficient (Wildman–Crippen LogP) is 4.07. The number of carbonyl (C=O) groups is 2. The molecule has 0 aromatic heterocycles. The van der Waals surface area contributed by atoms with Crippen LogP contribution in [0.25, 0.3) is 0 Å². The van der Waals surface area contributed by atoms with Gasteiger partial charge in [-0.05, 0) is 49.1 Å². The summed E-state index contributed by atoms with van der Waals surface area (Å²) in [6.07, 6.45) is 5.35. The third-order valence-electron chi connectivity index (χ3n) is 4.83. The highest BCUT2D eigenvalue weighted by Crippen LogP contribution is 2.15. The zero-order valence-corrected chi connectivity index (χ0v) is 15.6. The molecule has 1 aliphatic rings. The minimum atomic E-state index is -0.238. The van der Waals surface area contributed by atoms with Crippen molar-refractivity contribution in [2.75, 3.05) is 25.0 Å². The lowest BCUT2D eigenvalue weighted by atomic mass is 10.1. The van der Waals surface area contributed by atoms with Crippen molar-refractivity contribution in [3.05, 3.63) is 65.7 Å². The summed E-state index contributed by atoms with van der Waals surface area (Å²) in [6.45, 7) is 2.24. The second kappa shape index (κ2) is 9.76. The average molecular weight is 365 g/mol. The fourth-order valence-corrected chi connectivity index (χ4v) is 3.29. The quantitative estimate of drug-likeness (QED) is 0.839. The Bertz CT molecular complexity index is 736. The van der Waals surface area contributed by atoms with E-state index in [0.717, 1.165) is 32.4 Å². The molecule has 1 saturated heterocycles. The molecule has 142 valence electrons. The van der Waals surface area contributed by atoms with Crippen LogP contribution < -0.4 is 10.6 Å². The van der Waals surface area contributed by atoms with Crippen molar-refractivity contribution in [1.82, 2.24) is 10.2 Å². The summed E-state index contributed by atoms with van der Waals surface area (Å²) >= 11 is 0. The smallest absolute Gasteiger partial charge is 0.319 e. The second-order valence-corrected chi connectivity index (χ2v) is 6.90. The number of likely N-dealkylation sites (tertiary alicyclic amines) is 1. The maximum absolute atomic E-state index is 12.6. The Balaban J connectivity index is 1.46. The Morgan fingerprint density at radius 1 is 0.852 bits per heavy atom. The zero-order chi connectivity index (χ0) is 18.9. The minimum Gasteiger partial charge on any atom is -0.339 e. The molecule has 0 unspecified atom stereocenters. The van der Waals surface area contributed by atoms with Gasteiger partial charge in [0.05, 0.1) is 0 Å². The lowest BCUT2D eigenvalue weighted by Gasteiger charge is -2.20. The van der Waals surface area contributed by atoms with E-state index >= 15 is 0 Å². The fourth-order valence-electron chi connectivity index (χ4n) is 3.29. The molecule has 0 atom stereocenters. The van der Waals surface area contributed by atoms with Crippen molar-refractivity contribution in [3.8, 4) is 0 Å². The largest absolute Gasteiger partial charge is 0.339 e. The third kappa shape index (κ3) is 5.84. The van der Waals surface area contributed by atoms with Gasteiger partial charge in [0.25, 0.3) is 5.91 Å². The third-order valence-corrected chi connectivity index (χ3v) is 4.83. The van der Waals surface area contributed by atoms with Crippen LogP contribution in [0.5, 0.6) is 0 Å². The molecule has 0 saturated carbocycles. The van der Waals surface area contributed by atoms with E-state index in [1.54, 1.807) is 24.3 Å². The summed E-state index contributed by atoms with van der Waals surface area (Å²) in [4.78, 5) is 26.5. The molecule has 5 heteroatoms. The van der Waals surface area contributed by atoms with Crippen molar-refractivity contribution in [2.45, 2.75) is 32.1 Å². The monoisotopic (exact) mass is 365 g/mol. The van der Waals surface area contributed by atoms with Gasteiger partial charge in [-0.25, -0.2) is 4.79 Å². The SMILES string of the molecule is O=C(NCCc1ccccc1)Nc1ccc(C(=O)N2CCCCCC2)cc1. The van der Waals surface area contributed by atoms with Crippen LogP contribution >= 0.6 is 0 Å². The van der Waals surface area contributed by atoms with Crippen LogP contribution in [-0.2, 0) is 6.42 Å². The molecule has 2 N–H and O–H groups in total. The molecule has 2 aromatic rings. The van der Waals surface area contributed by atoms with Crippen molar-refractivity contribution >= 4 is 17.6 Å². The molecule has 3 amide bonds. The average Bonchev–Trinajstić information content (AvgIpc) is 2.98. The van der Waals surface area contributed by atoms with Crippen LogP contribution in [0.3, 0.4) is 0 Å². The maximum Gasteiger partial charge on any atom is 0.319 e. The molecular weight excluding hydrogens is 338 g/mol. The van der Waals surface area contributed by atoms with Crippen LogP contribution in [0, 0.1) is 0 Å². The maximum atomic E-state index is 12.6. The van der Waals surface area contributed by atoms with E-state index in [4.69, 9.17) is 0 Å². The Labute approximate surface area is 160 Å². The number of hydrogen-bond donors (Lipinski definition) is 2. The van der Waals surface area contributed by atoms with E-state index in [0.29, 0.717) is 17.8 Å². The van der Waals surface area contributed by atoms with Crippen molar-refractivity contribution < 1.29 is 9.59 Å². The number of anilines is 1. The molecular formula is C22H27N3O2. The molecule has 0 spiro atoms. The summed E-state index contributed by atoms with van der Waals surface area (Å²) in [7, 11) is 0. The molecule has 5 nitrogen and oxygen atoms in total. The summed E-state index contributed by atoms with van der Waals surface area (Å²) in [5.41, 5.74) is 2.54. The lowest BCUT2D eigenvalue weighted by Crippen LogP contribution is -2.32. The molecule has 0 bridgehead atoms. The van der Waals surface area contributed by atoms with E-state index in [1.807, 2.05) is 35.2 Å². The van der Waals surface area contributed by atoms with Gasteiger partial charge in [-0.3, -0.25) is 4.79 Å². The second-order valence-electron chi connectivity index (χ2n) is 6.90. The number of amides is 3. The van der Waals surface area contributed by atoms with Crippen LogP contribution in [0.15, 0.2) is 54.6 Å². The van der Waals surface area contributed by atoms with E-state index < -0.39 is 0 Å². The number of nitrogens with zero attached hydrogens (tertiary/aromatic N) is 1. The first-order valence-electron chi connectivity index (χ1n) is 9.70. The van der Waals surface area contributed by atoms with E-state index in [2.05, 4.69) is 10.6 Å². The highest BCUT2D eigenvalue weighted by Gasteiger charge is 2.17. The Morgan fingerprint density at radius 3 is 2.19 bits per heavy atom. The highest BCUT2D eigenvalue weighted by molar-refractivity contribution is 5.95. The van der Waals surface area contributed by atoms with Gasteiger partial charge in [0, 0.05) is 30.9 Å². The Morgan fingerprint density at radius 2 is 1.52 bits per heavy atom. The summed E-state index contributed by atoms with van der Waals surface area (Å²) in [5.74, 6) is 0.0794. The molecule has 0 radical (unpaired) electrons. The van der Waals surface area contributed by atoms with Gasteiger partial charge in [-0.15, -0.1) is 0 Å². The summed E-state index contributed by atoms with van der Waals surface area (Å²) < 4.78 is 0. The number of nitrogens with one attached hydrogen (secondary N) is 2. The standard InChI is InChI=1S/C22H27N3O2/c26-21(25-16-6-1-2-7-17-25)19-10-12-20(13-11-19)24-22(27)23-15-14-18-8-4-3-5-9-18/h3-5,8-13H,1-2,6-7,14-17H2,(H2,23,24,27). The molecule has 2 aromatic carbocycles. The topological polar surface area (TPSA) is 61.4 Å². The molecule has 1 fully saturated rings. The summed E-state index contributed by atoms with van der Waals surface area (Å²) in [6, 6.07) is 16.9. The zero-order valence-electron chi connectivity index (χ0n) is 15.6. The van der Waals surface area contributed by atoms with Gasteiger partial charge in [0.1, 0.15) is 0 Å². The van der Waals surface area contributed by atoms with Gasteiger partial charge >= 0.3 is 6.03 Å². The molecule has 1 heterocycles. The van der Waals surface area contributed by atoms with Gasteiger partial charge in [-0.2, -0.15) is 0 Å². The number of hydrogen-bond acceptors (Lipinski definition) is 2. The number of benzene rings is 2. The number of rotatable bonds is 5. The molecule has 27 heavy (non-hydrogen) atoms. The number of urea groups is 1. The summed E-state index contributed by atoms with van der Waals surface area (Å²) in [5, 5.41) is 5.66. The van der Waals surface area contributed by atoms with Gasteiger partial charge in [0.15, 0.2) is 0 Å². The van der Waals surface area contributed by atoms with Gasteiger partial charge in [0.2, 0.25) is 0 Å². The lowest BCUT2D eigenvalue weighted by molar-refractivity contribution is 0.0761. The van der Waals surface area contributed by atoms with Crippen LogP contribution in [0.1, 0.15) is 41.6 Å². The molecule has 0 aliphatic carbocycles. The van der Waals surface area contributed by atoms with Gasteiger partial charge < -0.3 is 15.5 Å². The van der Waals surface area contributed by atoms with Crippen LogP contribution in [-0.4, -0.2) is 36.5 Å². The van der Waals surface area contributed by atoms with Crippen molar-refractivity contribution in [1.29, 1.82) is 0 Å². The Kier molecular flexibility index (Phi) is 6.85. The van der Waals surface area contributed by atoms with Crippen molar-refractivity contribution in [2.24, 2.45) is 0 Å². The van der Waals surface area contributed by atoms with E-state index in [1.165, 1.54) is 18.4 Å². The Hall–Kier alpha value is -2.82. The fraction of sp³-hybridized carbons (Fsp3) is 0.364. The van der Waals surface area contributed by atoms with E-state index in [-0.39, 0.29) is 11.9 Å². The first-order valence-corrected chi connectivity index (χ1v) is 9.70. The van der Waals surface area contributed by atoms with Crippen LogP contribution in [0.4, 0.5) is 10.5 Å². The number of carbonyl (C=O) groups excluding carboxylic acids is 2. The predicted molar refractivity (Wildman–Crippen MR) is 108 cm³/mol. The first-order chi connectivity index (χ1) is 13.2. The first kappa shape index (κ1) is 19.0. The minimum absolute atomic E-state index is 0.0794. The van der Waals surface area contributed by atoms with E-state index in [9.17, 15) is 9.59 Å². The normalized spacial score (nSPS) is 14.3. The van der Waals surface area contributed by atoms with Crippen molar-refractivity contribution in [3.63, 3.8) is 0 Å². The highest BCUT2D eigenvalue weighted by atomic mass is 16.2.